The first-order chi connectivity index (χ1) is 12.2. The van der Waals surface area contributed by atoms with Crippen molar-refractivity contribution >= 4 is 11.9 Å². The summed E-state index contributed by atoms with van der Waals surface area (Å²) in [5.41, 5.74) is 0.0239. The van der Waals surface area contributed by atoms with Gasteiger partial charge in [0.05, 0.1) is 32.1 Å². The number of aromatic amines is 1. The molecule has 2 aliphatic heterocycles. The smallest absolute Gasteiger partial charge is 0.272 e. The Morgan fingerprint density at radius 2 is 2.12 bits per heavy atom. The van der Waals surface area contributed by atoms with Crippen molar-refractivity contribution in [3.63, 3.8) is 0 Å². The van der Waals surface area contributed by atoms with Crippen LogP contribution in [-0.4, -0.2) is 69.4 Å². The van der Waals surface area contributed by atoms with Crippen LogP contribution in [0.25, 0.3) is 0 Å². The molecule has 2 aromatic rings. The minimum Gasteiger partial charge on any atom is -0.369 e. The molecular weight excluding hydrogens is 327 g/mol. The molecule has 2 saturated heterocycles. The molecule has 8 nitrogen and oxygen atoms in total. The molecule has 1 N–H and O–H groups in total. The number of H-pyrrole nitrogens is 1. The molecule has 2 aliphatic rings. The average Bonchev–Trinajstić information content (AvgIpc) is 3.16. The summed E-state index contributed by atoms with van der Waals surface area (Å²) in [6.07, 6.45) is 5.65. The van der Waals surface area contributed by atoms with E-state index in [-0.39, 0.29) is 5.91 Å². The molecule has 2 aromatic heterocycles. The molecule has 4 heterocycles. The van der Waals surface area contributed by atoms with Crippen LogP contribution in [0.5, 0.6) is 0 Å². The van der Waals surface area contributed by atoms with Crippen LogP contribution in [-0.2, 0) is 4.74 Å². The van der Waals surface area contributed by atoms with Crippen molar-refractivity contribution in [3.8, 4) is 0 Å². The molecule has 1 spiro atoms. The minimum atomic E-state index is -0.458. The van der Waals surface area contributed by atoms with Crippen molar-refractivity contribution in [2.75, 3.05) is 37.7 Å². The lowest BCUT2D eigenvalue weighted by atomic mass is 9.90. The Morgan fingerprint density at radius 3 is 2.88 bits per heavy atom. The predicted molar refractivity (Wildman–Crippen MR) is 86.6 cm³/mol. The normalized spacial score (nSPS) is 23.9. The van der Waals surface area contributed by atoms with Crippen LogP contribution in [0.2, 0.25) is 0 Å². The summed E-state index contributed by atoms with van der Waals surface area (Å²) in [6, 6.07) is 1.67. The highest BCUT2D eigenvalue weighted by atomic mass is 19.1. The predicted octanol–water partition coefficient (Wildman–Crippen LogP) is 0.850. The second-order valence-corrected chi connectivity index (χ2v) is 6.45. The molecule has 9 heteroatoms. The highest BCUT2D eigenvalue weighted by Crippen LogP contribution is 2.30. The summed E-state index contributed by atoms with van der Waals surface area (Å²) in [5, 5.41) is 6.56. The van der Waals surface area contributed by atoms with E-state index in [1.54, 1.807) is 17.2 Å². The minimum absolute atomic E-state index is 0.0738. The van der Waals surface area contributed by atoms with Crippen molar-refractivity contribution in [2.45, 2.75) is 18.4 Å². The maximum absolute atomic E-state index is 13.1. The molecule has 4 rings (SSSR count). The maximum Gasteiger partial charge on any atom is 0.272 e. The first kappa shape index (κ1) is 15.9. The average molecular weight is 346 g/mol. The molecule has 1 amide bonds. The molecule has 2 fully saturated rings. The highest BCUT2D eigenvalue weighted by Gasteiger charge is 2.42. The summed E-state index contributed by atoms with van der Waals surface area (Å²) in [7, 11) is 0. The second-order valence-electron chi connectivity index (χ2n) is 6.45. The summed E-state index contributed by atoms with van der Waals surface area (Å²) in [6.45, 7) is 2.89. The van der Waals surface area contributed by atoms with Gasteiger partial charge in [-0.1, -0.05) is 0 Å². The zero-order valence-electron chi connectivity index (χ0n) is 13.7. The van der Waals surface area contributed by atoms with Crippen LogP contribution in [0.3, 0.4) is 0 Å². The quantitative estimate of drug-likeness (QED) is 0.867. The standard InChI is InChI=1S/C16H19FN6O2/c17-12-8-18-15(19-9-12)23-5-1-3-16(11-23)10-22(6-7-25-16)14(24)13-2-4-20-21-13/h2,4,8-9H,1,3,5-7,10-11H2,(H,20,21). The third-order valence-corrected chi connectivity index (χ3v) is 4.70. The summed E-state index contributed by atoms with van der Waals surface area (Å²) in [5.74, 6) is -0.0443. The molecule has 132 valence electrons. The maximum atomic E-state index is 13.1. The van der Waals surface area contributed by atoms with Crippen LogP contribution in [0.1, 0.15) is 23.3 Å². The molecule has 1 atom stereocenters. The van der Waals surface area contributed by atoms with Crippen molar-refractivity contribution in [1.29, 1.82) is 0 Å². The topological polar surface area (TPSA) is 87.2 Å². The van der Waals surface area contributed by atoms with Gasteiger partial charge in [0.1, 0.15) is 11.3 Å². The van der Waals surface area contributed by atoms with Gasteiger partial charge >= 0.3 is 0 Å². The van der Waals surface area contributed by atoms with Crippen molar-refractivity contribution in [2.24, 2.45) is 0 Å². The first-order valence-electron chi connectivity index (χ1n) is 8.30. The Morgan fingerprint density at radius 1 is 1.28 bits per heavy atom. The number of carbonyl (C=O) groups is 1. The summed E-state index contributed by atoms with van der Waals surface area (Å²) < 4.78 is 19.1. The van der Waals surface area contributed by atoms with E-state index in [9.17, 15) is 9.18 Å². The van der Waals surface area contributed by atoms with Gasteiger partial charge in [0.25, 0.3) is 5.91 Å². The number of hydrogen-bond acceptors (Lipinski definition) is 6. The largest absolute Gasteiger partial charge is 0.369 e. The van der Waals surface area contributed by atoms with E-state index < -0.39 is 11.4 Å². The number of morpholine rings is 1. The zero-order valence-corrected chi connectivity index (χ0v) is 13.7. The van der Waals surface area contributed by atoms with E-state index in [0.29, 0.717) is 37.9 Å². The summed E-state index contributed by atoms with van der Waals surface area (Å²) >= 11 is 0. The number of nitrogens with zero attached hydrogens (tertiary/aromatic N) is 5. The summed E-state index contributed by atoms with van der Waals surface area (Å²) in [4.78, 5) is 24.5. The van der Waals surface area contributed by atoms with E-state index >= 15 is 0 Å². The van der Waals surface area contributed by atoms with Crippen molar-refractivity contribution in [3.05, 3.63) is 36.2 Å². The number of hydrogen-bond donors (Lipinski definition) is 1. The van der Waals surface area contributed by atoms with E-state index in [0.717, 1.165) is 19.4 Å². The molecule has 1 unspecified atom stereocenters. The van der Waals surface area contributed by atoms with Gasteiger partial charge in [0, 0.05) is 19.3 Å². The molecular formula is C16H19FN6O2. The number of anilines is 1. The van der Waals surface area contributed by atoms with Gasteiger partial charge in [0.2, 0.25) is 5.95 Å². The lowest BCUT2D eigenvalue weighted by Gasteiger charge is -2.47. The number of piperidine rings is 1. The van der Waals surface area contributed by atoms with E-state index in [1.165, 1.54) is 12.4 Å². The van der Waals surface area contributed by atoms with E-state index in [1.807, 2.05) is 4.90 Å². The Kier molecular flexibility index (Phi) is 4.08. The van der Waals surface area contributed by atoms with Crippen LogP contribution >= 0.6 is 0 Å². The molecule has 0 aromatic carbocycles. The Hall–Kier alpha value is -2.55. The molecule has 0 aliphatic carbocycles. The van der Waals surface area contributed by atoms with Crippen LogP contribution < -0.4 is 4.90 Å². The van der Waals surface area contributed by atoms with E-state index in [4.69, 9.17) is 4.74 Å². The number of aromatic nitrogens is 4. The number of carbonyl (C=O) groups excluding carboxylic acids is 1. The van der Waals surface area contributed by atoms with Gasteiger partial charge in [0.15, 0.2) is 5.82 Å². The molecule has 25 heavy (non-hydrogen) atoms. The number of amides is 1. The van der Waals surface area contributed by atoms with Crippen LogP contribution in [0.15, 0.2) is 24.7 Å². The van der Waals surface area contributed by atoms with Gasteiger partial charge < -0.3 is 14.5 Å². The fourth-order valence-corrected chi connectivity index (χ4v) is 3.55. The first-order valence-corrected chi connectivity index (χ1v) is 8.30. The third-order valence-electron chi connectivity index (χ3n) is 4.70. The van der Waals surface area contributed by atoms with Crippen LogP contribution in [0, 0.1) is 5.82 Å². The lowest BCUT2D eigenvalue weighted by molar-refractivity contribution is -0.105. The fourth-order valence-electron chi connectivity index (χ4n) is 3.55. The number of nitrogens with one attached hydrogen (secondary N) is 1. The van der Waals surface area contributed by atoms with Gasteiger partial charge in [-0.05, 0) is 18.9 Å². The lowest BCUT2D eigenvalue weighted by Crippen LogP contribution is -2.61. The SMILES string of the molecule is O=C(c1ccn[nH]1)N1CCOC2(CCCN(c3ncc(F)cn3)C2)C1. The fraction of sp³-hybridized carbons (Fsp3) is 0.500. The van der Waals surface area contributed by atoms with Gasteiger partial charge in [-0.2, -0.15) is 5.10 Å². The van der Waals surface area contributed by atoms with E-state index in [2.05, 4.69) is 20.2 Å². The molecule has 0 saturated carbocycles. The van der Waals surface area contributed by atoms with Gasteiger partial charge in [-0.25, -0.2) is 14.4 Å². The Bertz CT molecular complexity index is 734. The number of rotatable bonds is 2. The van der Waals surface area contributed by atoms with Crippen molar-refractivity contribution in [1.82, 2.24) is 25.1 Å². The van der Waals surface area contributed by atoms with Gasteiger partial charge in [-0.15, -0.1) is 0 Å². The third kappa shape index (κ3) is 3.19. The number of ether oxygens (including phenoxy) is 1. The Balaban J connectivity index is 1.50. The van der Waals surface area contributed by atoms with Gasteiger partial charge in [-0.3, -0.25) is 9.89 Å². The monoisotopic (exact) mass is 346 g/mol. The highest BCUT2D eigenvalue weighted by molar-refractivity contribution is 5.92. The molecule has 0 radical (unpaired) electrons. The zero-order chi connectivity index (χ0) is 17.3. The van der Waals surface area contributed by atoms with Crippen LogP contribution in [0.4, 0.5) is 10.3 Å². The second kappa shape index (κ2) is 6.40. The Labute approximate surface area is 144 Å². The van der Waals surface area contributed by atoms with Crippen molar-refractivity contribution < 1.29 is 13.9 Å². The number of halogens is 1. The molecule has 0 bridgehead atoms.